The van der Waals surface area contributed by atoms with E-state index >= 15 is 0 Å². The summed E-state index contributed by atoms with van der Waals surface area (Å²) in [7, 11) is 0. The molecule has 1 saturated carbocycles. The molecule has 1 heteroatoms. The van der Waals surface area contributed by atoms with E-state index in [1.807, 2.05) is 0 Å². The zero-order valence-electron chi connectivity index (χ0n) is 8.40. The molecule has 1 aliphatic heterocycles. The van der Waals surface area contributed by atoms with Crippen LogP contribution in [0, 0.1) is 17.3 Å². The second-order valence-corrected chi connectivity index (χ2v) is 5.01. The number of nitrogens with one attached hydrogen (secondary N) is 1. The lowest BCUT2D eigenvalue weighted by Crippen LogP contribution is -2.50. The first-order valence-corrected chi connectivity index (χ1v) is 5.44. The van der Waals surface area contributed by atoms with Crippen LogP contribution in [0.15, 0.2) is 0 Å². The SMILES string of the molecule is CC1CNCC2CCCCC12C. The van der Waals surface area contributed by atoms with Gasteiger partial charge in [0.15, 0.2) is 0 Å². The van der Waals surface area contributed by atoms with Gasteiger partial charge in [0.25, 0.3) is 0 Å². The molecule has 2 rings (SSSR count). The molecule has 0 aromatic heterocycles. The lowest BCUT2D eigenvalue weighted by Gasteiger charge is -2.49. The van der Waals surface area contributed by atoms with E-state index in [0.717, 1.165) is 11.8 Å². The fourth-order valence-corrected chi connectivity index (χ4v) is 3.12. The van der Waals surface area contributed by atoms with Crippen LogP contribution in [-0.4, -0.2) is 13.1 Å². The third-order valence-corrected chi connectivity index (χ3v) is 4.42. The van der Waals surface area contributed by atoms with Crippen LogP contribution in [0.25, 0.3) is 0 Å². The Kier molecular flexibility index (Phi) is 2.16. The number of rotatable bonds is 0. The molecule has 2 aliphatic rings. The molecule has 0 aromatic carbocycles. The van der Waals surface area contributed by atoms with Crippen LogP contribution in [0.4, 0.5) is 0 Å². The van der Waals surface area contributed by atoms with Gasteiger partial charge in [0, 0.05) is 0 Å². The van der Waals surface area contributed by atoms with Crippen LogP contribution in [0.1, 0.15) is 39.5 Å². The summed E-state index contributed by atoms with van der Waals surface area (Å²) in [6.45, 7) is 7.46. The number of hydrogen-bond donors (Lipinski definition) is 1. The average molecular weight is 167 g/mol. The highest BCUT2D eigenvalue weighted by molar-refractivity contribution is 4.94. The lowest BCUT2D eigenvalue weighted by molar-refractivity contribution is 0.0237. The van der Waals surface area contributed by atoms with Crippen molar-refractivity contribution in [3.05, 3.63) is 0 Å². The monoisotopic (exact) mass is 167 g/mol. The van der Waals surface area contributed by atoms with Gasteiger partial charge in [-0.2, -0.15) is 0 Å². The van der Waals surface area contributed by atoms with Crippen molar-refractivity contribution >= 4 is 0 Å². The van der Waals surface area contributed by atoms with Crippen molar-refractivity contribution in [1.82, 2.24) is 5.32 Å². The highest BCUT2D eigenvalue weighted by Crippen LogP contribution is 2.47. The maximum atomic E-state index is 3.56. The summed E-state index contributed by atoms with van der Waals surface area (Å²) in [6, 6.07) is 0. The second kappa shape index (κ2) is 3.02. The molecule has 70 valence electrons. The minimum Gasteiger partial charge on any atom is -0.316 e. The number of fused-ring (bicyclic) bond motifs is 1. The molecular weight excluding hydrogens is 146 g/mol. The summed E-state index contributed by atoms with van der Waals surface area (Å²) in [4.78, 5) is 0. The summed E-state index contributed by atoms with van der Waals surface area (Å²) in [5, 5.41) is 3.56. The van der Waals surface area contributed by atoms with E-state index in [-0.39, 0.29) is 0 Å². The lowest BCUT2D eigenvalue weighted by atomic mass is 9.59. The van der Waals surface area contributed by atoms with Gasteiger partial charge in [-0.15, -0.1) is 0 Å². The molecule has 1 heterocycles. The molecule has 1 N–H and O–H groups in total. The van der Waals surface area contributed by atoms with Gasteiger partial charge in [-0.05, 0) is 43.2 Å². The standard InChI is InChI=1S/C11H21N/c1-9-7-12-8-10-5-3-4-6-11(9,10)2/h9-10,12H,3-8H2,1-2H3. The van der Waals surface area contributed by atoms with Crippen molar-refractivity contribution in [3.63, 3.8) is 0 Å². The molecule has 1 saturated heterocycles. The van der Waals surface area contributed by atoms with E-state index in [1.165, 1.54) is 38.8 Å². The minimum absolute atomic E-state index is 0.670. The third-order valence-electron chi connectivity index (χ3n) is 4.42. The second-order valence-electron chi connectivity index (χ2n) is 5.01. The van der Waals surface area contributed by atoms with Gasteiger partial charge in [-0.25, -0.2) is 0 Å². The topological polar surface area (TPSA) is 12.0 Å². The Bertz CT molecular complexity index is 164. The van der Waals surface area contributed by atoms with Gasteiger partial charge in [0.2, 0.25) is 0 Å². The van der Waals surface area contributed by atoms with Crippen LogP contribution in [-0.2, 0) is 0 Å². The van der Waals surface area contributed by atoms with E-state index in [2.05, 4.69) is 19.2 Å². The highest BCUT2D eigenvalue weighted by atomic mass is 14.9. The fraction of sp³-hybridized carbons (Fsp3) is 1.00. The Morgan fingerprint density at radius 1 is 1.25 bits per heavy atom. The normalized spacial score (nSPS) is 48.5. The number of hydrogen-bond acceptors (Lipinski definition) is 1. The van der Waals surface area contributed by atoms with Crippen molar-refractivity contribution in [2.45, 2.75) is 39.5 Å². The average Bonchev–Trinajstić information content (AvgIpc) is 2.07. The summed E-state index contributed by atoms with van der Waals surface area (Å²) in [5.74, 6) is 1.85. The van der Waals surface area contributed by atoms with E-state index in [4.69, 9.17) is 0 Å². The zero-order chi connectivity index (χ0) is 8.60. The molecule has 0 radical (unpaired) electrons. The van der Waals surface area contributed by atoms with E-state index in [0.29, 0.717) is 5.41 Å². The van der Waals surface area contributed by atoms with Crippen LogP contribution in [0.2, 0.25) is 0 Å². The summed E-state index contributed by atoms with van der Waals surface area (Å²) in [6.07, 6.45) is 5.88. The van der Waals surface area contributed by atoms with Gasteiger partial charge in [0.05, 0.1) is 0 Å². The maximum absolute atomic E-state index is 3.56. The van der Waals surface area contributed by atoms with Crippen molar-refractivity contribution < 1.29 is 0 Å². The molecule has 1 aliphatic carbocycles. The molecule has 12 heavy (non-hydrogen) atoms. The first-order chi connectivity index (χ1) is 5.73. The maximum Gasteiger partial charge on any atom is -0.00151 e. The first-order valence-electron chi connectivity index (χ1n) is 5.44. The van der Waals surface area contributed by atoms with Crippen LogP contribution >= 0.6 is 0 Å². The number of piperidine rings is 1. The molecule has 0 aromatic rings. The van der Waals surface area contributed by atoms with Crippen molar-refractivity contribution in [1.29, 1.82) is 0 Å². The summed E-state index contributed by atoms with van der Waals surface area (Å²) < 4.78 is 0. The van der Waals surface area contributed by atoms with Crippen molar-refractivity contribution in [2.24, 2.45) is 17.3 Å². The Morgan fingerprint density at radius 3 is 2.83 bits per heavy atom. The van der Waals surface area contributed by atoms with Gasteiger partial charge in [-0.3, -0.25) is 0 Å². The van der Waals surface area contributed by atoms with Gasteiger partial charge in [-0.1, -0.05) is 26.7 Å². The molecule has 2 fully saturated rings. The Labute approximate surface area is 75.9 Å². The predicted octanol–water partition coefficient (Wildman–Crippen LogP) is 2.42. The van der Waals surface area contributed by atoms with Gasteiger partial charge >= 0.3 is 0 Å². The Hall–Kier alpha value is -0.0400. The van der Waals surface area contributed by atoms with Crippen LogP contribution in [0.5, 0.6) is 0 Å². The Morgan fingerprint density at radius 2 is 2.08 bits per heavy atom. The van der Waals surface area contributed by atoms with Crippen LogP contribution < -0.4 is 5.32 Å². The predicted molar refractivity (Wildman–Crippen MR) is 52.1 cm³/mol. The van der Waals surface area contributed by atoms with E-state index in [1.54, 1.807) is 0 Å². The fourth-order valence-electron chi connectivity index (χ4n) is 3.12. The van der Waals surface area contributed by atoms with Crippen molar-refractivity contribution in [3.8, 4) is 0 Å². The minimum atomic E-state index is 0.670. The molecular formula is C11H21N. The van der Waals surface area contributed by atoms with E-state index in [9.17, 15) is 0 Å². The Balaban J connectivity index is 2.14. The largest absolute Gasteiger partial charge is 0.316 e. The molecule has 0 amide bonds. The highest BCUT2D eigenvalue weighted by Gasteiger charge is 2.42. The van der Waals surface area contributed by atoms with Crippen LogP contribution in [0.3, 0.4) is 0 Å². The third kappa shape index (κ3) is 1.19. The van der Waals surface area contributed by atoms with Gasteiger partial charge < -0.3 is 5.32 Å². The summed E-state index contributed by atoms with van der Waals surface area (Å²) >= 11 is 0. The molecule has 1 nitrogen and oxygen atoms in total. The molecule has 3 atom stereocenters. The molecule has 3 unspecified atom stereocenters. The van der Waals surface area contributed by atoms with Crippen molar-refractivity contribution in [2.75, 3.05) is 13.1 Å². The first kappa shape index (κ1) is 8.55. The quantitative estimate of drug-likeness (QED) is 0.584. The van der Waals surface area contributed by atoms with Gasteiger partial charge in [0.1, 0.15) is 0 Å². The zero-order valence-corrected chi connectivity index (χ0v) is 8.40. The smallest absolute Gasteiger partial charge is 0.00151 e. The van der Waals surface area contributed by atoms with E-state index < -0.39 is 0 Å². The molecule has 0 bridgehead atoms. The molecule has 0 spiro atoms. The summed E-state index contributed by atoms with van der Waals surface area (Å²) in [5.41, 5.74) is 0.670.